The fourth-order valence-corrected chi connectivity index (χ4v) is 3.53. The van der Waals surface area contributed by atoms with Crippen LogP contribution < -0.4 is 9.47 Å². The van der Waals surface area contributed by atoms with Gasteiger partial charge in [-0.1, -0.05) is 29.3 Å². The first-order chi connectivity index (χ1) is 15.3. The zero-order chi connectivity index (χ0) is 23.3. The average Bonchev–Trinajstić information content (AvgIpc) is 2.80. The van der Waals surface area contributed by atoms with Gasteiger partial charge >= 0.3 is 5.97 Å². The van der Waals surface area contributed by atoms with E-state index in [4.69, 9.17) is 37.4 Å². The summed E-state index contributed by atoms with van der Waals surface area (Å²) in [7, 11) is 3.01. The Labute approximate surface area is 193 Å². The zero-order valence-corrected chi connectivity index (χ0v) is 18.6. The number of carbonyl (C=O) groups is 1. The highest BCUT2D eigenvalue weighted by Gasteiger charge is 2.23. The number of rotatable bonds is 8. The Bertz CT molecular complexity index is 1120. The molecule has 0 saturated heterocycles. The van der Waals surface area contributed by atoms with Gasteiger partial charge in [0.15, 0.2) is 11.5 Å². The van der Waals surface area contributed by atoms with E-state index in [0.29, 0.717) is 32.7 Å². The summed E-state index contributed by atoms with van der Waals surface area (Å²) in [6, 6.07) is 10.2. The maximum absolute atomic E-state index is 12.8. The van der Waals surface area contributed by atoms with Crippen LogP contribution in [0, 0.1) is 10.1 Å². The molecule has 2 aromatic carbocycles. The van der Waals surface area contributed by atoms with Crippen LogP contribution in [0.4, 0.5) is 5.69 Å². The highest BCUT2D eigenvalue weighted by molar-refractivity contribution is 6.35. The molecular formula is C22H18Cl2N2O6. The smallest absolute Gasteiger partial charge is 0.338 e. The number of ether oxygens (including phenoxy) is 3. The molecule has 10 heteroatoms. The molecule has 0 aliphatic heterocycles. The molecule has 0 fully saturated rings. The van der Waals surface area contributed by atoms with Crippen molar-refractivity contribution in [2.45, 2.75) is 12.5 Å². The second kappa shape index (κ2) is 10.3. The lowest BCUT2D eigenvalue weighted by molar-refractivity contribution is -0.384. The topological polar surface area (TPSA) is 101 Å². The quantitative estimate of drug-likeness (QED) is 0.241. The van der Waals surface area contributed by atoms with Crippen LogP contribution in [-0.4, -0.2) is 30.1 Å². The SMILES string of the molecule is COc1ccc([C@H](Cc2c(Cl)cncc2Cl)OC(=O)c2ccc([N+](=O)[O-])cc2)cc1OC. The molecule has 0 aliphatic rings. The third-order valence-electron chi connectivity index (χ3n) is 4.68. The Kier molecular flexibility index (Phi) is 7.50. The number of nitro benzene ring substituents is 1. The van der Waals surface area contributed by atoms with Crippen molar-refractivity contribution < 1.29 is 23.9 Å². The van der Waals surface area contributed by atoms with E-state index in [1.165, 1.54) is 50.9 Å². The number of hydrogen-bond donors (Lipinski definition) is 0. The van der Waals surface area contributed by atoms with Gasteiger partial charge in [0.05, 0.1) is 34.8 Å². The highest BCUT2D eigenvalue weighted by atomic mass is 35.5. The van der Waals surface area contributed by atoms with Gasteiger partial charge in [0.25, 0.3) is 5.69 Å². The van der Waals surface area contributed by atoms with Gasteiger partial charge in [-0.25, -0.2) is 4.79 Å². The van der Waals surface area contributed by atoms with Gasteiger partial charge in [-0.3, -0.25) is 15.1 Å². The van der Waals surface area contributed by atoms with E-state index in [0.717, 1.165) is 0 Å². The van der Waals surface area contributed by atoms with E-state index < -0.39 is 17.0 Å². The van der Waals surface area contributed by atoms with Crippen LogP contribution in [0.25, 0.3) is 0 Å². The second-order valence-corrected chi connectivity index (χ2v) is 7.41. The highest BCUT2D eigenvalue weighted by Crippen LogP contribution is 2.35. The first-order valence-corrected chi connectivity index (χ1v) is 10.0. The number of halogens is 2. The Balaban J connectivity index is 1.96. The Morgan fingerprint density at radius 1 is 1.03 bits per heavy atom. The van der Waals surface area contributed by atoms with Gasteiger partial charge in [-0.05, 0) is 35.4 Å². The number of non-ortho nitro benzene ring substituents is 1. The third kappa shape index (κ3) is 5.27. The van der Waals surface area contributed by atoms with E-state index in [1.54, 1.807) is 18.2 Å². The second-order valence-electron chi connectivity index (χ2n) is 6.60. The Morgan fingerprint density at radius 3 is 2.22 bits per heavy atom. The van der Waals surface area contributed by atoms with Crippen LogP contribution in [0.5, 0.6) is 11.5 Å². The van der Waals surface area contributed by atoms with E-state index in [1.807, 2.05) is 0 Å². The molecule has 166 valence electrons. The molecule has 0 N–H and O–H groups in total. The lowest BCUT2D eigenvalue weighted by Gasteiger charge is -2.21. The van der Waals surface area contributed by atoms with Crippen molar-refractivity contribution in [2.75, 3.05) is 14.2 Å². The number of nitrogens with zero attached hydrogens (tertiary/aromatic N) is 2. The van der Waals surface area contributed by atoms with Gasteiger partial charge in [-0.2, -0.15) is 0 Å². The van der Waals surface area contributed by atoms with Gasteiger partial charge in [0, 0.05) is 30.9 Å². The van der Waals surface area contributed by atoms with E-state index in [2.05, 4.69) is 4.98 Å². The summed E-state index contributed by atoms with van der Waals surface area (Å²) in [5.74, 6) is 0.297. The molecule has 32 heavy (non-hydrogen) atoms. The number of carbonyl (C=O) groups excluding carboxylic acids is 1. The lowest BCUT2D eigenvalue weighted by Crippen LogP contribution is -2.15. The van der Waals surface area contributed by atoms with Crippen molar-refractivity contribution in [2.24, 2.45) is 0 Å². The minimum Gasteiger partial charge on any atom is -0.493 e. The van der Waals surface area contributed by atoms with Crippen molar-refractivity contribution in [3.8, 4) is 11.5 Å². The Morgan fingerprint density at radius 2 is 1.66 bits per heavy atom. The van der Waals surface area contributed by atoms with Crippen LogP contribution in [-0.2, 0) is 11.2 Å². The molecule has 0 saturated carbocycles. The molecule has 3 aromatic rings. The van der Waals surface area contributed by atoms with Crippen molar-refractivity contribution >= 4 is 34.9 Å². The summed E-state index contributed by atoms with van der Waals surface area (Å²) in [5.41, 5.74) is 1.20. The summed E-state index contributed by atoms with van der Waals surface area (Å²) in [6.45, 7) is 0. The van der Waals surface area contributed by atoms with Crippen LogP contribution in [0.15, 0.2) is 54.9 Å². The number of pyridine rings is 1. The van der Waals surface area contributed by atoms with Gasteiger partial charge in [-0.15, -0.1) is 0 Å². The summed E-state index contributed by atoms with van der Waals surface area (Å²) in [4.78, 5) is 27.1. The molecule has 0 spiro atoms. The van der Waals surface area contributed by atoms with Gasteiger partial charge in [0.2, 0.25) is 0 Å². The fraction of sp³-hybridized carbons (Fsp3) is 0.182. The first kappa shape index (κ1) is 23.3. The summed E-state index contributed by atoms with van der Waals surface area (Å²) in [6.07, 6.45) is 2.27. The molecule has 8 nitrogen and oxygen atoms in total. The largest absolute Gasteiger partial charge is 0.493 e. The van der Waals surface area contributed by atoms with E-state index >= 15 is 0 Å². The number of hydrogen-bond acceptors (Lipinski definition) is 7. The number of aromatic nitrogens is 1. The first-order valence-electron chi connectivity index (χ1n) is 9.29. The molecule has 0 amide bonds. The predicted molar refractivity (Wildman–Crippen MR) is 119 cm³/mol. The van der Waals surface area contributed by atoms with E-state index in [9.17, 15) is 14.9 Å². The number of methoxy groups -OCH3 is 2. The Hall–Kier alpha value is -3.36. The van der Waals surface area contributed by atoms with Crippen molar-refractivity contribution in [1.82, 2.24) is 4.98 Å². The molecule has 1 aromatic heterocycles. The molecule has 3 rings (SSSR count). The predicted octanol–water partition coefficient (Wildman–Crippen LogP) is 5.45. The van der Waals surface area contributed by atoms with Crippen molar-refractivity contribution in [1.29, 1.82) is 0 Å². The van der Waals surface area contributed by atoms with Crippen molar-refractivity contribution in [3.05, 3.63) is 91.7 Å². The van der Waals surface area contributed by atoms with Crippen LogP contribution in [0.1, 0.15) is 27.6 Å². The molecule has 1 heterocycles. The summed E-state index contributed by atoms with van der Waals surface area (Å²) >= 11 is 12.5. The minimum atomic E-state index is -0.796. The number of nitro groups is 1. The lowest BCUT2D eigenvalue weighted by atomic mass is 10.0. The standard InChI is InChI=1S/C22H18Cl2N2O6/c1-30-19-8-5-14(9-21(19)31-2)20(10-16-17(23)11-25-12-18(16)24)32-22(27)13-3-6-15(7-4-13)26(28)29/h3-9,11-12,20H,10H2,1-2H3/t20-/m0/s1. The van der Waals surface area contributed by atoms with Crippen LogP contribution in [0.2, 0.25) is 10.0 Å². The summed E-state index contributed by atoms with van der Waals surface area (Å²) < 4.78 is 16.4. The molecular weight excluding hydrogens is 459 g/mol. The molecule has 1 atom stereocenters. The summed E-state index contributed by atoms with van der Waals surface area (Å²) in [5, 5.41) is 11.5. The monoisotopic (exact) mass is 476 g/mol. The molecule has 0 bridgehead atoms. The normalized spacial score (nSPS) is 11.5. The zero-order valence-electron chi connectivity index (χ0n) is 17.1. The molecule has 0 radical (unpaired) electrons. The maximum Gasteiger partial charge on any atom is 0.338 e. The maximum atomic E-state index is 12.8. The average molecular weight is 477 g/mol. The van der Waals surface area contributed by atoms with E-state index in [-0.39, 0.29) is 17.7 Å². The van der Waals surface area contributed by atoms with Crippen LogP contribution >= 0.6 is 23.2 Å². The third-order valence-corrected chi connectivity index (χ3v) is 5.34. The number of esters is 1. The van der Waals surface area contributed by atoms with Crippen molar-refractivity contribution in [3.63, 3.8) is 0 Å². The number of benzene rings is 2. The minimum absolute atomic E-state index is 0.131. The van der Waals surface area contributed by atoms with Gasteiger partial charge < -0.3 is 14.2 Å². The van der Waals surface area contributed by atoms with Gasteiger partial charge in [0.1, 0.15) is 6.10 Å². The molecule has 0 aliphatic carbocycles. The molecule has 0 unspecified atom stereocenters. The van der Waals surface area contributed by atoms with Crippen LogP contribution in [0.3, 0.4) is 0 Å². The fourth-order valence-electron chi connectivity index (χ4n) is 3.02.